The van der Waals surface area contributed by atoms with Crippen molar-refractivity contribution in [2.45, 2.75) is 30.6 Å². The maximum absolute atomic E-state index is 12.7. The van der Waals surface area contributed by atoms with Crippen molar-refractivity contribution in [1.82, 2.24) is 0 Å². The molecule has 0 unspecified atom stereocenters. The number of sulfone groups is 1. The molecule has 0 amide bonds. The van der Waals surface area contributed by atoms with Gasteiger partial charge in [0.05, 0.1) is 9.79 Å². The molecule has 4 nitrogen and oxygen atoms in total. The number of rotatable bonds is 2. The Morgan fingerprint density at radius 3 is 1.95 bits per heavy atom. The number of phenolic OH excluding ortho intramolecular Hbond substituents is 2. The highest BCUT2D eigenvalue weighted by Crippen LogP contribution is 2.33. The van der Waals surface area contributed by atoms with Crippen LogP contribution in [0.15, 0.2) is 40.1 Å². The van der Waals surface area contributed by atoms with Crippen LogP contribution in [0.5, 0.6) is 11.5 Å². The van der Waals surface area contributed by atoms with Crippen molar-refractivity contribution < 1.29 is 18.6 Å². The molecule has 0 aliphatic carbocycles. The Labute approximate surface area is 118 Å². The molecule has 20 heavy (non-hydrogen) atoms. The average molecular weight is 292 g/mol. The van der Waals surface area contributed by atoms with E-state index in [4.69, 9.17) is 0 Å². The van der Waals surface area contributed by atoms with Crippen LogP contribution < -0.4 is 0 Å². The molecule has 2 aromatic carbocycles. The molecule has 5 heteroatoms. The van der Waals surface area contributed by atoms with E-state index in [9.17, 15) is 18.6 Å². The smallest absolute Gasteiger partial charge is 0.207 e. The summed E-state index contributed by atoms with van der Waals surface area (Å²) in [4.78, 5) is 0.215. The lowest BCUT2D eigenvalue weighted by Gasteiger charge is -2.13. The molecule has 2 aromatic rings. The van der Waals surface area contributed by atoms with E-state index >= 15 is 0 Å². The highest BCUT2D eigenvalue weighted by molar-refractivity contribution is 7.91. The predicted molar refractivity (Wildman–Crippen MR) is 75.9 cm³/mol. The number of hydrogen-bond acceptors (Lipinski definition) is 4. The minimum atomic E-state index is -3.73. The van der Waals surface area contributed by atoms with Crippen molar-refractivity contribution in [2.75, 3.05) is 0 Å². The first kappa shape index (κ1) is 14.4. The van der Waals surface area contributed by atoms with Crippen molar-refractivity contribution in [3.05, 3.63) is 47.0 Å². The summed E-state index contributed by atoms with van der Waals surface area (Å²) in [5.74, 6) is 0.00769. The van der Waals surface area contributed by atoms with Crippen LogP contribution in [0.25, 0.3) is 0 Å². The van der Waals surface area contributed by atoms with E-state index in [1.54, 1.807) is 20.8 Å². The fourth-order valence-corrected chi connectivity index (χ4v) is 3.89. The summed E-state index contributed by atoms with van der Waals surface area (Å²) in [5.41, 5.74) is 1.36. The topological polar surface area (TPSA) is 74.6 Å². The molecule has 0 saturated heterocycles. The van der Waals surface area contributed by atoms with E-state index in [0.717, 1.165) is 0 Å². The lowest BCUT2D eigenvalue weighted by atomic mass is 10.1. The van der Waals surface area contributed by atoms with E-state index in [0.29, 0.717) is 16.7 Å². The Morgan fingerprint density at radius 1 is 0.750 bits per heavy atom. The van der Waals surface area contributed by atoms with Gasteiger partial charge in [-0.25, -0.2) is 8.42 Å². The summed E-state index contributed by atoms with van der Waals surface area (Å²) in [5, 5.41) is 19.3. The molecule has 0 aliphatic rings. The summed E-state index contributed by atoms with van der Waals surface area (Å²) in [6.07, 6.45) is 0. The van der Waals surface area contributed by atoms with Crippen molar-refractivity contribution in [3.63, 3.8) is 0 Å². The zero-order valence-corrected chi connectivity index (χ0v) is 12.3. The predicted octanol–water partition coefficient (Wildman–Crippen LogP) is 2.86. The lowest BCUT2D eigenvalue weighted by Crippen LogP contribution is -2.07. The van der Waals surface area contributed by atoms with Crippen LogP contribution >= 0.6 is 0 Å². The summed E-state index contributed by atoms with van der Waals surface area (Å²) < 4.78 is 25.4. The molecule has 0 radical (unpaired) electrons. The van der Waals surface area contributed by atoms with Crippen LogP contribution in [-0.4, -0.2) is 18.6 Å². The number of aromatic hydroxyl groups is 2. The van der Waals surface area contributed by atoms with Crippen molar-refractivity contribution in [1.29, 1.82) is 0 Å². The van der Waals surface area contributed by atoms with Crippen molar-refractivity contribution in [2.24, 2.45) is 0 Å². The van der Waals surface area contributed by atoms with Gasteiger partial charge in [-0.05, 0) is 56.2 Å². The van der Waals surface area contributed by atoms with Gasteiger partial charge in [-0.15, -0.1) is 0 Å². The Hall–Kier alpha value is -2.01. The Kier molecular flexibility index (Phi) is 3.48. The largest absolute Gasteiger partial charge is 0.508 e. The van der Waals surface area contributed by atoms with Crippen LogP contribution in [0, 0.1) is 20.8 Å². The number of hydrogen-bond donors (Lipinski definition) is 2. The molecular formula is C15H16O4S. The van der Waals surface area contributed by atoms with Gasteiger partial charge >= 0.3 is 0 Å². The molecule has 0 heterocycles. The van der Waals surface area contributed by atoms with Gasteiger partial charge in [0.15, 0.2) is 0 Å². The summed E-state index contributed by atoms with van der Waals surface area (Å²) in [7, 11) is -3.73. The highest BCUT2D eigenvalue weighted by Gasteiger charge is 2.24. The van der Waals surface area contributed by atoms with Gasteiger partial charge < -0.3 is 10.2 Å². The van der Waals surface area contributed by atoms with Gasteiger partial charge in [-0.1, -0.05) is 6.07 Å². The maximum atomic E-state index is 12.7. The average Bonchev–Trinajstić information content (AvgIpc) is 2.38. The minimum absolute atomic E-state index is 0.0563. The zero-order valence-electron chi connectivity index (χ0n) is 11.5. The standard InChI is InChI=1S/C15H16O4S/c1-9-10(2)15(8-7-13(9)17)20(18,19)14-6-4-5-12(16)11(14)3/h4-8,16-17H,1-3H3. The second kappa shape index (κ2) is 4.83. The normalized spacial score (nSPS) is 11.6. The zero-order chi connectivity index (χ0) is 15.1. The SMILES string of the molecule is Cc1c(O)cccc1S(=O)(=O)c1ccc(O)c(C)c1C. The van der Waals surface area contributed by atoms with E-state index in [2.05, 4.69) is 0 Å². The first-order valence-electron chi connectivity index (χ1n) is 6.09. The second-order valence-electron chi connectivity index (χ2n) is 4.74. The Balaban J connectivity index is 2.74. The van der Waals surface area contributed by atoms with E-state index < -0.39 is 9.84 Å². The summed E-state index contributed by atoms with van der Waals surface area (Å²) >= 11 is 0. The third-order valence-electron chi connectivity index (χ3n) is 3.54. The van der Waals surface area contributed by atoms with Crippen LogP contribution in [0.3, 0.4) is 0 Å². The molecule has 2 N–H and O–H groups in total. The molecule has 0 fully saturated rings. The fraction of sp³-hybridized carbons (Fsp3) is 0.200. The van der Waals surface area contributed by atoms with Gasteiger partial charge in [-0.2, -0.15) is 0 Å². The van der Waals surface area contributed by atoms with Gasteiger partial charge in [0, 0.05) is 5.56 Å². The van der Waals surface area contributed by atoms with Crippen LogP contribution in [-0.2, 0) is 9.84 Å². The minimum Gasteiger partial charge on any atom is -0.508 e. The molecule has 0 saturated carbocycles. The van der Waals surface area contributed by atoms with Gasteiger partial charge in [-0.3, -0.25) is 0 Å². The highest BCUT2D eigenvalue weighted by atomic mass is 32.2. The molecular weight excluding hydrogens is 276 g/mol. The number of benzene rings is 2. The summed E-state index contributed by atoms with van der Waals surface area (Å²) in [6.45, 7) is 4.88. The first-order valence-corrected chi connectivity index (χ1v) is 7.58. The fourth-order valence-electron chi connectivity index (χ4n) is 2.09. The molecule has 2 rings (SSSR count). The maximum Gasteiger partial charge on any atom is 0.207 e. The molecule has 106 valence electrons. The third-order valence-corrected chi connectivity index (χ3v) is 5.59. The van der Waals surface area contributed by atoms with Gasteiger partial charge in [0.2, 0.25) is 9.84 Å². The molecule has 0 bridgehead atoms. The molecule has 0 atom stereocenters. The summed E-state index contributed by atoms with van der Waals surface area (Å²) in [6, 6.07) is 7.16. The van der Waals surface area contributed by atoms with E-state index in [1.807, 2.05) is 0 Å². The second-order valence-corrected chi connectivity index (χ2v) is 6.62. The molecule has 0 aliphatic heterocycles. The van der Waals surface area contributed by atoms with E-state index in [1.165, 1.54) is 30.3 Å². The first-order chi connectivity index (χ1) is 9.26. The number of phenols is 2. The van der Waals surface area contributed by atoms with Crippen LogP contribution in [0.4, 0.5) is 0 Å². The molecule has 0 spiro atoms. The quantitative estimate of drug-likeness (QED) is 0.892. The van der Waals surface area contributed by atoms with Crippen LogP contribution in [0.2, 0.25) is 0 Å². The van der Waals surface area contributed by atoms with Crippen molar-refractivity contribution >= 4 is 9.84 Å². The van der Waals surface area contributed by atoms with Crippen molar-refractivity contribution in [3.8, 4) is 11.5 Å². The lowest BCUT2D eigenvalue weighted by molar-refractivity contribution is 0.467. The monoisotopic (exact) mass is 292 g/mol. The Bertz CT molecular complexity index is 777. The van der Waals surface area contributed by atoms with Gasteiger partial charge in [0.25, 0.3) is 0 Å². The van der Waals surface area contributed by atoms with Gasteiger partial charge in [0.1, 0.15) is 11.5 Å². The third kappa shape index (κ3) is 2.14. The van der Waals surface area contributed by atoms with Crippen LogP contribution in [0.1, 0.15) is 16.7 Å². The van der Waals surface area contributed by atoms with E-state index in [-0.39, 0.29) is 21.3 Å². The Morgan fingerprint density at radius 2 is 1.30 bits per heavy atom. The molecule has 0 aromatic heterocycles.